The average molecular weight is 211 g/mol. The number of halogens is 1. The van der Waals surface area contributed by atoms with Gasteiger partial charge >= 0.3 is 0 Å². The van der Waals surface area contributed by atoms with Crippen LogP contribution in [0.3, 0.4) is 0 Å². The Hall–Kier alpha value is -0.570. The smallest absolute Gasteiger partial charge is 0.0406 e. The van der Waals surface area contributed by atoms with Crippen LogP contribution < -0.4 is 5.73 Å². The fourth-order valence-corrected chi connectivity index (χ4v) is 2.35. The third-order valence-corrected chi connectivity index (χ3v) is 3.24. The molecule has 0 aliphatic carbocycles. The first kappa shape index (κ1) is 9.97. The molecular formula is C11H15ClN2. The summed E-state index contributed by atoms with van der Waals surface area (Å²) >= 11 is 5.85. The number of hydrogen-bond acceptors (Lipinski definition) is 2. The molecule has 2 nitrogen and oxygen atoms in total. The lowest BCUT2D eigenvalue weighted by Crippen LogP contribution is -2.61. The fourth-order valence-electron chi connectivity index (χ4n) is 2.22. The number of hydrogen-bond donors (Lipinski definition) is 1. The highest BCUT2D eigenvalue weighted by Crippen LogP contribution is 2.32. The molecule has 1 aliphatic rings. The Balaban J connectivity index is 2.25. The van der Waals surface area contributed by atoms with Crippen molar-refractivity contribution < 1.29 is 0 Å². The van der Waals surface area contributed by atoms with Gasteiger partial charge in [-0.3, -0.25) is 0 Å². The molecule has 14 heavy (non-hydrogen) atoms. The molecule has 1 fully saturated rings. The Bertz CT molecular complexity index is 315. The van der Waals surface area contributed by atoms with Gasteiger partial charge < -0.3 is 10.6 Å². The molecular weight excluding hydrogens is 196 g/mol. The van der Waals surface area contributed by atoms with Crippen molar-refractivity contribution >= 4 is 11.6 Å². The number of likely N-dealkylation sites (tertiary alicyclic amines) is 1. The molecule has 0 amide bonds. The summed E-state index contributed by atoms with van der Waals surface area (Å²) in [6.45, 7) is 2.80. The van der Waals surface area contributed by atoms with Crippen LogP contribution in [0.1, 0.15) is 5.56 Å². The lowest BCUT2D eigenvalue weighted by Gasteiger charge is -2.48. The summed E-state index contributed by atoms with van der Waals surface area (Å²) in [5, 5.41) is 0.786. The molecule has 0 aromatic heterocycles. The largest absolute Gasteiger partial charge is 0.329 e. The summed E-state index contributed by atoms with van der Waals surface area (Å²) in [6.07, 6.45) is 0. The number of nitrogens with zero attached hydrogens (tertiary/aromatic N) is 1. The summed E-state index contributed by atoms with van der Waals surface area (Å²) in [7, 11) is 2.11. The fraction of sp³-hybridized carbons (Fsp3) is 0.455. The molecule has 1 aromatic carbocycles. The van der Waals surface area contributed by atoms with Gasteiger partial charge in [0.05, 0.1) is 0 Å². The van der Waals surface area contributed by atoms with E-state index in [9.17, 15) is 0 Å². The highest BCUT2D eigenvalue weighted by Gasteiger charge is 2.41. The summed E-state index contributed by atoms with van der Waals surface area (Å²) in [5.74, 6) is 0. The molecule has 1 heterocycles. The van der Waals surface area contributed by atoms with Crippen LogP contribution in [0.25, 0.3) is 0 Å². The summed E-state index contributed by atoms with van der Waals surface area (Å²) in [6, 6.07) is 8.05. The molecule has 0 radical (unpaired) electrons. The Morgan fingerprint density at radius 1 is 1.36 bits per heavy atom. The summed E-state index contributed by atoms with van der Waals surface area (Å²) < 4.78 is 0. The molecule has 1 aliphatic heterocycles. The molecule has 3 heteroatoms. The lowest BCUT2D eigenvalue weighted by molar-refractivity contribution is 0.100. The maximum absolute atomic E-state index is 5.85. The van der Waals surface area contributed by atoms with Gasteiger partial charge in [0.25, 0.3) is 0 Å². The second-order valence-electron chi connectivity index (χ2n) is 4.16. The van der Waals surface area contributed by atoms with Crippen LogP contribution in [0.4, 0.5) is 0 Å². The maximum atomic E-state index is 5.85. The SMILES string of the molecule is CN1CC(CN)(c2ccc(Cl)cc2)C1. The van der Waals surface area contributed by atoms with Crippen LogP contribution in [0.15, 0.2) is 24.3 Å². The topological polar surface area (TPSA) is 29.3 Å². The van der Waals surface area contributed by atoms with E-state index in [-0.39, 0.29) is 5.41 Å². The van der Waals surface area contributed by atoms with E-state index < -0.39 is 0 Å². The predicted molar refractivity (Wildman–Crippen MR) is 59.7 cm³/mol. The molecule has 76 valence electrons. The number of rotatable bonds is 2. The van der Waals surface area contributed by atoms with E-state index >= 15 is 0 Å². The monoisotopic (exact) mass is 210 g/mol. The second kappa shape index (κ2) is 3.54. The van der Waals surface area contributed by atoms with Gasteiger partial charge in [-0.15, -0.1) is 0 Å². The van der Waals surface area contributed by atoms with E-state index in [0.29, 0.717) is 6.54 Å². The van der Waals surface area contributed by atoms with Gasteiger partial charge in [0.15, 0.2) is 0 Å². The zero-order chi connectivity index (χ0) is 10.2. The number of nitrogens with two attached hydrogens (primary N) is 1. The average Bonchev–Trinajstić information content (AvgIpc) is 2.14. The normalized spacial score (nSPS) is 20.5. The number of benzene rings is 1. The minimum Gasteiger partial charge on any atom is -0.329 e. The van der Waals surface area contributed by atoms with Crippen molar-refractivity contribution in [3.63, 3.8) is 0 Å². The molecule has 2 N–H and O–H groups in total. The quantitative estimate of drug-likeness (QED) is 0.802. The molecule has 2 rings (SSSR count). The molecule has 0 saturated carbocycles. The standard InChI is InChI=1S/C11H15ClN2/c1-14-7-11(6-13,8-14)9-2-4-10(12)5-3-9/h2-5H,6-8,13H2,1H3. The lowest BCUT2D eigenvalue weighted by atomic mass is 9.74. The van der Waals surface area contributed by atoms with Crippen molar-refractivity contribution in [2.24, 2.45) is 5.73 Å². The van der Waals surface area contributed by atoms with E-state index in [2.05, 4.69) is 24.1 Å². The van der Waals surface area contributed by atoms with Crippen molar-refractivity contribution in [3.8, 4) is 0 Å². The van der Waals surface area contributed by atoms with Gasteiger partial charge in [-0.25, -0.2) is 0 Å². The Kier molecular flexibility index (Phi) is 2.52. The highest BCUT2D eigenvalue weighted by molar-refractivity contribution is 6.30. The first-order chi connectivity index (χ1) is 6.66. The Morgan fingerprint density at radius 2 is 1.93 bits per heavy atom. The predicted octanol–water partition coefficient (Wildman–Crippen LogP) is 1.48. The Labute approximate surface area is 89.7 Å². The molecule has 1 saturated heterocycles. The third-order valence-electron chi connectivity index (χ3n) is 2.99. The van der Waals surface area contributed by atoms with Crippen molar-refractivity contribution in [1.82, 2.24) is 4.90 Å². The van der Waals surface area contributed by atoms with Crippen LogP contribution in [-0.4, -0.2) is 31.6 Å². The van der Waals surface area contributed by atoms with Crippen LogP contribution in [0, 0.1) is 0 Å². The van der Waals surface area contributed by atoms with Gasteiger partial charge in [-0.1, -0.05) is 23.7 Å². The molecule has 0 bridgehead atoms. The third kappa shape index (κ3) is 1.54. The number of likely N-dealkylation sites (N-methyl/N-ethyl adjacent to an activating group) is 1. The minimum absolute atomic E-state index is 0.166. The van der Waals surface area contributed by atoms with E-state index in [0.717, 1.165) is 18.1 Å². The molecule has 0 atom stereocenters. The highest BCUT2D eigenvalue weighted by atomic mass is 35.5. The molecule has 0 unspecified atom stereocenters. The minimum atomic E-state index is 0.166. The van der Waals surface area contributed by atoms with Crippen LogP contribution in [0.5, 0.6) is 0 Å². The van der Waals surface area contributed by atoms with E-state index in [1.54, 1.807) is 0 Å². The van der Waals surface area contributed by atoms with Gasteiger partial charge in [-0.2, -0.15) is 0 Å². The van der Waals surface area contributed by atoms with Crippen molar-refractivity contribution in [2.75, 3.05) is 26.7 Å². The van der Waals surface area contributed by atoms with Crippen molar-refractivity contribution in [1.29, 1.82) is 0 Å². The molecule has 1 aromatic rings. The van der Waals surface area contributed by atoms with E-state index in [4.69, 9.17) is 17.3 Å². The zero-order valence-electron chi connectivity index (χ0n) is 8.33. The van der Waals surface area contributed by atoms with Gasteiger partial charge in [-0.05, 0) is 24.7 Å². The van der Waals surface area contributed by atoms with Crippen molar-refractivity contribution in [2.45, 2.75) is 5.41 Å². The van der Waals surface area contributed by atoms with E-state index in [1.807, 2.05) is 12.1 Å². The van der Waals surface area contributed by atoms with Crippen LogP contribution in [-0.2, 0) is 5.41 Å². The van der Waals surface area contributed by atoms with Crippen molar-refractivity contribution in [3.05, 3.63) is 34.9 Å². The summed E-state index contributed by atoms with van der Waals surface area (Å²) in [5.41, 5.74) is 7.32. The van der Waals surface area contributed by atoms with E-state index in [1.165, 1.54) is 5.56 Å². The first-order valence-corrected chi connectivity index (χ1v) is 5.19. The first-order valence-electron chi connectivity index (χ1n) is 4.81. The van der Waals surface area contributed by atoms with Gasteiger partial charge in [0.1, 0.15) is 0 Å². The summed E-state index contributed by atoms with van der Waals surface area (Å²) in [4.78, 5) is 2.28. The van der Waals surface area contributed by atoms with Crippen LogP contribution in [0.2, 0.25) is 5.02 Å². The van der Waals surface area contributed by atoms with Crippen LogP contribution >= 0.6 is 11.6 Å². The maximum Gasteiger partial charge on any atom is 0.0406 e. The zero-order valence-corrected chi connectivity index (χ0v) is 9.09. The van der Waals surface area contributed by atoms with Gasteiger partial charge in [0.2, 0.25) is 0 Å². The second-order valence-corrected chi connectivity index (χ2v) is 4.60. The van der Waals surface area contributed by atoms with Gasteiger partial charge in [0, 0.05) is 30.1 Å². The molecule has 0 spiro atoms. The Morgan fingerprint density at radius 3 is 2.36 bits per heavy atom.